The number of para-hydroxylation sites is 2. The Morgan fingerprint density at radius 3 is 2.03 bits per heavy atom. The van der Waals surface area contributed by atoms with Gasteiger partial charge in [-0.25, -0.2) is 21.1 Å². The van der Waals surface area contributed by atoms with E-state index in [-0.39, 0.29) is 21.2 Å². The van der Waals surface area contributed by atoms with Gasteiger partial charge < -0.3 is 5.32 Å². The average Bonchev–Trinajstić information content (AvgIpc) is 3.23. The van der Waals surface area contributed by atoms with Crippen LogP contribution in [0.25, 0.3) is 0 Å². The van der Waals surface area contributed by atoms with Crippen molar-refractivity contribution in [3.05, 3.63) is 89.0 Å². The highest BCUT2D eigenvalue weighted by atomic mass is 32.2. The van der Waals surface area contributed by atoms with E-state index in [1.807, 2.05) is 0 Å². The molecule has 1 fully saturated rings. The lowest BCUT2D eigenvalue weighted by Gasteiger charge is -2.24. The first-order valence-corrected chi connectivity index (χ1v) is 15.2. The summed E-state index contributed by atoms with van der Waals surface area (Å²) in [6.45, 7) is 0.159. The third-order valence-corrected chi connectivity index (χ3v) is 9.99. The molecule has 0 saturated carbocycles. The molecule has 1 heterocycles. The van der Waals surface area contributed by atoms with Gasteiger partial charge in [0.05, 0.1) is 14.7 Å². The van der Waals surface area contributed by atoms with Crippen molar-refractivity contribution < 1.29 is 26.6 Å². The van der Waals surface area contributed by atoms with E-state index in [0.29, 0.717) is 17.4 Å². The van der Waals surface area contributed by atoms with Crippen LogP contribution in [-0.2, 0) is 24.8 Å². The number of hydrogen-bond acceptors (Lipinski definition) is 7. The lowest BCUT2D eigenvalue weighted by atomic mass is 10.2. The van der Waals surface area contributed by atoms with Gasteiger partial charge in [-0.05, 0) is 55.3 Å². The molecular weight excluding hydrogens is 544 g/mol. The molecule has 0 aromatic heterocycles. The molecule has 1 aliphatic heterocycles. The van der Waals surface area contributed by atoms with Gasteiger partial charge in [-0.1, -0.05) is 43.2 Å². The number of carbonyl (C=O) groups excluding carboxylic acids is 1. The second-order valence-corrected chi connectivity index (χ2v) is 12.8. The smallest absolute Gasteiger partial charge is 0.293 e. The third kappa shape index (κ3) is 6.44. The van der Waals surface area contributed by atoms with Gasteiger partial charge in [-0.3, -0.25) is 14.9 Å². The standard InChI is InChI=1S/C26H28N4O7S2/c31-26(27-21-14-16-23(17-15-21)38(34,35)28-18-8-1-2-9-19-28)20-29(24-12-6-7-13-25(24)30(32)33)39(36,37)22-10-4-3-5-11-22/h3-7,10-17H,1-2,8-9,18-20H2,(H,27,31). The zero-order valence-electron chi connectivity index (χ0n) is 21.0. The Morgan fingerprint density at radius 1 is 0.821 bits per heavy atom. The Kier molecular flexibility index (Phi) is 8.63. The van der Waals surface area contributed by atoms with Crippen LogP contribution < -0.4 is 9.62 Å². The molecule has 0 unspecified atom stereocenters. The van der Waals surface area contributed by atoms with E-state index in [0.717, 1.165) is 31.7 Å². The van der Waals surface area contributed by atoms with E-state index in [4.69, 9.17) is 0 Å². The number of nitro benzene ring substituents is 1. The molecule has 0 bridgehead atoms. The minimum absolute atomic E-state index is 0.0931. The summed E-state index contributed by atoms with van der Waals surface area (Å²) >= 11 is 0. The number of nitrogens with one attached hydrogen (secondary N) is 1. The summed E-state index contributed by atoms with van der Waals surface area (Å²) in [6.07, 6.45) is 3.57. The van der Waals surface area contributed by atoms with Gasteiger partial charge in [0, 0.05) is 24.8 Å². The quantitative estimate of drug-likeness (QED) is 0.301. The van der Waals surface area contributed by atoms with Gasteiger partial charge in [0.1, 0.15) is 12.2 Å². The van der Waals surface area contributed by atoms with E-state index >= 15 is 0 Å². The van der Waals surface area contributed by atoms with Gasteiger partial charge in [0.2, 0.25) is 15.9 Å². The van der Waals surface area contributed by atoms with E-state index in [1.54, 1.807) is 6.07 Å². The summed E-state index contributed by atoms with van der Waals surface area (Å²) in [5, 5.41) is 14.2. The number of sulfonamides is 2. The molecule has 13 heteroatoms. The highest BCUT2D eigenvalue weighted by Crippen LogP contribution is 2.32. The Morgan fingerprint density at radius 2 is 1.41 bits per heavy atom. The normalized spacial score (nSPS) is 14.8. The van der Waals surface area contributed by atoms with Crippen molar-refractivity contribution in [1.82, 2.24) is 4.31 Å². The lowest BCUT2D eigenvalue weighted by Crippen LogP contribution is -2.38. The SMILES string of the molecule is O=C(CN(c1ccccc1[N+](=O)[O-])S(=O)(=O)c1ccccc1)Nc1ccc(S(=O)(=O)N2CCCCCC2)cc1. The van der Waals surface area contributed by atoms with Crippen LogP contribution >= 0.6 is 0 Å². The largest absolute Gasteiger partial charge is 0.325 e. The third-order valence-electron chi connectivity index (χ3n) is 6.31. The summed E-state index contributed by atoms with van der Waals surface area (Å²) in [5.74, 6) is -0.768. The van der Waals surface area contributed by atoms with Crippen LogP contribution in [0, 0.1) is 10.1 Å². The maximum absolute atomic E-state index is 13.5. The van der Waals surface area contributed by atoms with Crippen molar-refractivity contribution in [1.29, 1.82) is 0 Å². The predicted octanol–water partition coefficient (Wildman–Crippen LogP) is 3.99. The highest BCUT2D eigenvalue weighted by molar-refractivity contribution is 7.93. The Balaban J connectivity index is 1.58. The molecule has 0 spiro atoms. The minimum atomic E-state index is -4.36. The molecule has 4 rings (SSSR count). The van der Waals surface area contributed by atoms with E-state index in [2.05, 4.69) is 5.32 Å². The Bertz CT molecular complexity index is 1540. The minimum Gasteiger partial charge on any atom is -0.325 e. The Hall–Kier alpha value is -3.81. The van der Waals surface area contributed by atoms with Crippen molar-refractivity contribution in [2.24, 2.45) is 0 Å². The molecule has 3 aromatic rings. The fraction of sp³-hybridized carbons (Fsp3) is 0.269. The first kappa shape index (κ1) is 28.2. The molecule has 3 aromatic carbocycles. The van der Waals surface area contributed by atoms with Crippen LogP contribution in [0.15, 0.2) is 88.7 Å². The van der Waals surface area contributed by atoms with Crippen LogP contribution in [0.5, 0.6) is 0 Å². The zero-order valence-corrected chi connectivity index (χ0v) is 22.6. The second-order valence-electron chi connectivity index (χ2n) is 8.96. The number of carbonyl (C=O) groups is 1. The lowest BCUT2D eigenvalue weighted by molar-refractivity contribution is -0.384. The molecular formula is C26H28N4O7S2. The number of anilines is 2. The predicted molar refractivity (Wildman–Crippen MR) is 146 cm³/mol. The Labute approximate surface area is 227 Å². The van der Waals surface area contributed by atoms with E-state index < -0.39 is 43.1 Å². The number of nitro groups is 1. The monoisotopic (exact) mass is 572 g/mol. The zero-order chi connectivity index (χ0) is 28.0. The number of benzene rings is 3. The van der Waals surface area contributed by atoms with Crippen molar-refractivity contribution in [3.63, 3.8) is 0 Å². The molecule has 1 saturated heterocycles. The molecule has 0 radical (unpaired) electrons. The van der Waals surface area contributed by atoms with E-state index in [9.17, 15) is 31.7 Å². The molecule has 11 nitrogen and oxygen atoms in total. The van der Waals surface area contributed by atoms with Gasteiger partial charge in [0.15, 0.2) is 0 Å². The number of nitrogens with zero attached hydrogens (tertiary/aromatic N) is 3. The van der Waals surface area contributed by atoms with Crippen LogP contribution in [0.4, 0.5) is 17.1 Å². The highest BCUT2D eigenvalue weighted by Gasteiger charge is 2.32. The first-order chi connectivity index (χ1) is 18.6. The number of hydrogen-bond donors (Lipinski definition) is 1. The number of amides is 1. The van der Waals surface area contributed by atoms with Crippen molar-refractivity contribution >= 4 is 43.0 Å². The summed E-state index contributed by atoms with van der Waals surface area (Å²) < 4.78 is 55.1. The molecule has 1 amide bonds. The second kappa shape index (κ2) is 11.9. The fourth-order valence-electron chi connectivity index (χ4n) is 4.32. The van der Waals surface area contributed by atoms with E-state index in [1.165, 1.54) is 71.0 Å². The number of rotatable bonds is 9. The van der Waals surface area contributed by atoms with Gasteiger partial charge in [0.25, 0.3) is 15.7 Å². The maximum Gasteiger partial charge on any atom is 0.293 e. The summed E-state index contributed by atoms with van der Waals surface area (Å²) in [7, 11) is -8.04. The van der Waals surface area contributed by atoms with Crippen molar-refractivity contribution in [2.75, 3.05) is 29.3 Å². The summed E-state index contributed by atoms with van der Waals surface area (Å²) in [5.41, 5.74) is -0.497. The van der Waals surface area contributed by atoms with Crippen LogP contribution in [-0.4, -0.2) is 51.6 Å². The first-order valence-electron chi connectivity index (χ1n) is 12.3. The maximum atomic E-state index is 13.5. The molecule has 0 aliphatic carbocycles. The topological polar surface area (TPSA) is 147 Å². The fourth-order valence-corrected chi connectivity index (χ4v) is 7.29. The summed E-state index contributed by atoms with van der Waals surface area (Å²) in [4.78, 5) is 23.9. The van der Waals surface area contributed by atoms with Gasteiger partial charge in [-0.2, -0.15) is 4.31 Å². The van der Waals surface area contributed by atoms with Gasteiger partial charge >= 0.3 is 0 Å². The average molecular weight is 573 g/mol. The van der Waals surface area contributed by atoms with Crippen molar-refractivity contribution in [3.8, 4) is 0 Å². The van der Waals surface area contributed by atoms with Gasteiger partial charge in [-0.15, -0.1) is 0 Å². The molecule has 0 atom stereocenters. The molecule has 1 N–H and O–H groups in total. The summed E-state index contributed by atoms with van der Waals surface area (Å²) in [6, 6.07) is 18.2. The van der Waals surface area contributed by atoms with Crippen molar-refractivity contribution in [2.45, 2.75) is 35.5 Å². The van der Waals surface area contributed by atoms with Crippen LogP contribution in [0.3, 0.4) is 0 Å². The molecule has 206 valence electrons. The molecule has 39 heavy (non-hydrogen) atoms. The molecule has 1 aliphatic rings. The van der Waals surface area contributed by atoms with Crippen LogP contribution in [0.1, 0.15) is 25.7 Å². The van der Waals surface area contributed by atoms with Crippen LogP contribution in [0.2, 0.25) is 0 Å².